The van der Waals surface area contributed by atoms with E-state index in [2.05, 4.69) is 10.6 Å². The Hall–Kier alpha value is -3.33. The average Bonchev–Trinajstić information content (AvgIpc) is 3.22. The van der Waals surface area contributed by atoms with Gasteiger partial charge in [-0.1, -0.05) is 23.7 Å². The number of hydrogen-bond acceptors (Lipinski definition) is 4. The smallest absolute Gasteiger partial charge is 0.323 e. The molecule has 3 N–H and O–H groups in total. The molecular weight excluding hydrogens is 427 g/mol. The maximum absolute atomic E-state index is 13.5. The molecule has 2 fully saturated rings. The molecule has 2 aliphatic rings. The number of aromatic hydroxyl groups is 1. The fourth-order valence-electron chi connectivity index (χ4n) is 3.95. The number of urea groups is 1. The van der Waals surface area contributed by atoms with Crippen molar-refractivity contribution in [1.29, 1.82) is 0 Å². The number of hydrogen-bond donors (Lipinski definition) is 3. The second-order valence-electron chi connectivity index (χ2n) is 7.45. The minimum absolute atomic E-state index is 0.00422. The van der Waals surface area contributed by atoms with Gasteiger partial charge >= 0.3 is 6.03 Å². The zero-order chi connectivity index (χ0) is 22.1. The lowest BCUT2D eigenvalue weighted by Gasteiger charge is -2.37. The number of phenols is 1. The van der Waals surface area contributed by atoms with Crippen molar-refractivity contribution in [2.45, 2.75) is 18.9 Å². The Morgan fingerprint density at radius 3 is 2.65 bits per heavy atom. The van der Waals surface area contributed by atoms with Crippen LogP contribution in [0.5, 0.6) is 5.75 Å². The highest BCUT2D eigenvalue weighted by Gasteiger charge is 2.38. The SMILES string of the molecule is O=C(Nc1cccc(C(=O)N2CC(=O)N3CCCC3C2)c1O)Nc1cccc(F)c1Cl. The molecule has 2 aromatic rings. The third-order valence-electron chi connectivity index (χ3n) is 5.46. The van der Waals surface area contributed by atoms with E-state index in [0.29, 0.717) is 13.1 Å². The summed E-state index contributed by atoms with van der Waals surface area (Å²) in [4.78, 5) is 40.8. The van der Waals surface area contributed by atoms with E-state index >= 15 is 0 Å². The Balaban J connectivity index is 1.49. The van der Waals surface area contributed by atoms with Crippen molar-refractivity contribution in [2.24, 2.45) is 0 Å². The van der Waals surface area contributed by atoms with Crippen LogP contribution in [0, 0.1) is 5.82 Å². The molecule has 2 aliphatic heterocycles. The number of rotatable bonds is 3. The van der Waals surface area contributed by atoms with Gasteiger partial charge in [-0.2, -0.15) is 0 Å². The highest BCUT2D eigenvalue weighted by Crippen LogP contribution is 2.31. The number of fused-ring (bicyclic) bond motifs is 1. The van der Waals surface area contributed by atoms with E-state index in [1.807, 2.05) is 0 Å². The summed E-state index contributed by atoms with van der Waals surface area (Å²) in [6.45, 7) is 1.06. The van der Waals surface area contributed by atoms with E-state index in [9.17, 15) is 23.9 Å². The van der Waals surface area contributed by atoms with Crippen molar-refractivity contribution in [3.05, 3.63) is 52.8 Å². The lowest BCUT2D eigenvalue weighted by atomic mass is 10.1. The van der Waals surface area contributed by atoms with Crippen molar-refractivity contribution < 1.29 is 23.9 Å². The number of amides is 4. The molecule has 0 radical (unpaired) electrons. The maximum atomic E-state index is 13.5. The van der Waals surface area contributed by atoms with Crippen LogP contribution in [0.2, 0.25) is 5.02 Å². The number of benzene rings is 2. The van der Waals surface area contributed by atoms with Crippen LogP contribution in [0.1, 0.15) is 23.2 Å². The van der Waals surface area contributed by atoms with E-state index < -0.39 is 23.5 Å². The fourth-order valence-corrected chi connectivity index (χ4v) is 4.12. The molecule has 0 saturated carbocycles. The van der Waals surface area contributed by atoms with E-state index in [0.717, 1.165) is 18.9 Å². The van der Waals surface area contributed by atoms with Crippen LogP contribution in [0.3, 0.4) is 0 Å². The molecule has 8 nitrogen and oxygen atoms in total. The molecule has 10 heteroatoms. The molecule has 2 aromatic carbocycles. The van der Waals surface area contributed by atoms with Gasteiger partial charge in [0.05, 0.1) is 22.0 Å². The summed E-state index contributed by atoms with van der Waals surface area (Å²) in [7, 11) is 0. The predicted molar refractivity (Wildman–Crippen MR) is 113 cm³/mol. The first-order chi connectivity index (χ1) is 14.8. The Bertz CT molecular complexity index is 1060. The van der Waals surface area contributed by atoms with Crippen LogP contribution < -0.4 is 10.6 Å². The Kier molecular flexibility index (Phi) is 5.69. The van der Waals surface area contributed by atoms with Gasteiger partial charge in [-0.05, 0) is 37.1 Å². The third kappa shape index (κ3) is 4.13. The van der Waals surface area contributed by atoms with Crippen molar-refractivity contribution in [1.82, 2.24) is 9.80 Å². The number of nitrogens with one attached hydrogen (secondary N) is 2. The molecule has 4 amide bonds. The van der Waals surface area contributed by atoms with Crippen molar-refractivity contribution in [3.63, 3.8) is 0 Å². The van der Waals surface area contributed by atoms with Gasteiger partial charge in [0.2, 0.25) is 5.91 Å². The van der Waals surface area contributed by atoms with Crippen LogP contribution in [-0.2, 0) is 4.79 Å². The fraction of sp³-hybridized carbons (Fsp3) is 0.286. The largest absolute Gasteiger partial charge is 0.505 e. The second-order valence-corrected chi connectivity index (χ2v) is 7.83. The third-order valence-corrected chi connectivity index (χ3v) is 5.84. The van der Waals surface area contributed by atoms with Crippen LogP contribution in [-0.4, -0.2) is 58.4 Å². The van der Waals surface area contributed by atoms with Gasteiger partial charge in [0.1, 0.15) is 12.4 Å². The number of nitrogens with zero attached hydrogens (tertiary/aromatic N) is 2. The first-order valence-corrected chi connectivity index (χ1v) is 10.2. The lowest BCUT2D eigenvalue weighted by Crippen LogP contribution is -2.55. The van der Waals surface area contributed by atoms with Crippen LogP contribution in [0.25, 0.3) is 0 Å². The molecule has 0 aromatic heterocycles. The summed E-state index contributed by atoms with van der Waals surface area (Å²) in [6, 6.07) is 7.53. The van der Waals surface area contributed by atoms with Crippen LogP contribution in [0.4, 0.5) is 20.6 Å². The number of anilines is 2. The van der Waals surface area contributed by atoms with Gasteiger partial charge < -0.3 is 25.5 Å². The molecule has 2 saturated heterocycles. The number of piperazine rings is 1. The Labute approximate surface area is 182 Å². The molecule has 0 spiro atoms. The maximum Gasteiger partial charge on any atom is 0.323 e. The summed E-state index contributed by atoms with van der Waals surface area (Å²) in [5.41, 5.74) is 0.0152. The topological polar surface area (TPSA) is 102 Å². The number of phenolic OH excluding ortho intramolecular Hbond substituents is 1. The molecule has 31 heavy (non-hydrogen) atoms. The van der Waals surface area contributed by atoms with Crippen LogP contribution >= 0.6 is 11.6 Å². The minimum Gasteiger partial charge on any atom is -0.505 e. The zero-order valence-electron chi connectivity index (χ0n) is 16.4. The number of carbonyl (C=O) groups is 3. The normalized spacial score (nSPS) is 18.0. The summed E-state index contributed by atoms with van der Waals surface area (Å²) in [6.07, 6.45) is 1.75. The highest BCUT2D eigenvalue weighted by molar-refractivity contribution is 6.34. The molecule has 0 bridgehead atoms. The molecule has 2 heterocycles. The van der Waals surface area contributed by atoms with E-state index in [1.165, 1.54) is 35.2 Å². The summed E-state index contributed by atoms with van der Waals surface area (Å²) in [5, 5.41) is 15.2. The standard InChI is InChI=1S/C21H20ClFN4O4/c22-18-14(23)6-2-7-15(18)24-21(31)25-16-8-1-5-13(19(16)29)20(30)26-10-12-4-3-9-27(12)17(28)11-26/h1-2,5-8,12,29H,3-4,9-11H2,(H2,24,25,31). The molecule has 0 aliphatic carbocycles. The lowest BCUT2D eigenvalue weighted by molar-refractivity contribution is -0.136. The molecule has 1 unspecified atom stereocenters. The van der Waals surface area contributed by atoms with Gasteiger partial charge in [0.15, 0.2) is 5.75 Å². The summed E-state index contributed by atoms with van der Waals surface area (Å²) < 4.78 is 13.5. The van der Waals surface area contributed by atoms with Crippen LogP contribution in [0.15, 0.2) is 36.4 Å². The van der Waals surface area contributed by atoms with E-state index in [-0.39, 0.29) is 40.5 Å². The average molecular weight is 447 g/mol. The number of para-hydroxylation sites is 1. The molecule has 4 rings (SSSR count). The van der Waals surface area contributed by atoms with Crippen molar-refractivity contribution >= 4 is 40.8 Å². The van der Waals surface area contributed by atoms with Gasteiger partial charge in [-0.15, -0.1) is 0 Å². The molecule has 1 atom stereocenters. The van der Waals surface area contributed by atoms with E-state index in [1.54, 1.807) is 4.90 Å². The zero-order valence-corrected chi connectivity index (χ0v) is 17.2. The second kappa shape index (κ2) is 8.43. The Morgan fingerprint density at radius 2 is 1.84 bits per heavy atom. The summed E-state index contributed by atoms with van der Waals surface area (Å²) in [5.74, 6) is -1.71. The van der Waals surface area contributed by atoms with Crippen molar-refractivity contribution in [3.8, 4) is 5.75 Å². The minimum atomic E-state index is -0.776. The van der Waals surface area contributed by atoms with Gasteiger partial charge in [0, 0.05) is 19.1 Å². The number of carbonyl (C=O) groups excluding carboxylic acids is 3. The van der Waals surface area contributed by atoms with Crippen molar-refractivity contribution in [2.75, 3.05) is 30.3 Å². The summed E-state index contributed by atoms with van der Waals surface area (Å²) >= 11 is 5.83. The van der Waals surface area contributed by atoms with Gasteiger partial charge in [0.25, 0.3) is 5.91 Å². The van der Waals surface area contributed by atoms with Gasteiger partial charge in [-0.3, -0.25) is 9.59 Å². The van der Waals surface area contributed by atoms with E-state index in [4.69, 9.17) is 11.6 Å². The first-order valence-electron chi connectivity index (χ1n) is 9.78. The highest BCUT2D eigenvalue weighted by atomic mass is 35.5. The monoisotopic (exact) mass is 446 g/mol. The number of halogens is 2. The molecular formula is C21H20ClFN4O4. The predicted octanol–water partition coefficient (Wildman–Crippen LogP) is 3.28. The Morgan fingerprint density at radius 1 is 1.13 bits per heavy atom. The quantitative estimate of drug-likeness (QED) is 0.630. The van der Waals surface area contributed by atoms with Gasteiger partial charge in [-0.25, -0.2) is 9.18 Å². The first kappa shape index (κ1) is 20.9. The molecule has 162 valence electrons.